The lowest BCUT2D eigenvalue weighted by atomic mass is 9.82. The summed E-state index contributed by atoms with van der Waals surface area (Å²) in [5.74, 6) is 8.41. The molecular formula is C45H30N4. The molecule has 0 saturated heterocycles. The predicted octanol–water partition coefficient (Wildman–Crippen LogP) is 9.74. The third-order valence-corrected chi connectivity index (χ3v) is 9.46. The van der Waals surface area contributed by atoms with Crippen LogP contribution in [-0.4, -0.2) is 19.1 Å². The van der Waals surface area contributed by atoms with Crippen LogP contribution in [0.25, 0.3) is 56.0 Å². The van der Waals surface area contributed by atoms with E-state index in [1.165, 1.54) is 22.3 Å². The minimum absolute atomic E-state index is 0.281. The van der Waals surface area contributed by atoms with Gasteiger partial charge in [0.05, 0.1) is 22.1 Å². The molecule has 230 valence electrons. The van der Waals surface area contributed by atoms with Gasteiger partial charge in [-0.3, -0.25) is 0 Å². The molecule has 0 aliphatic heterocycles. The van der Waals surface area contributed by atoms with E-state index in [1.54, 1.807) is 0 Å². The van der Waals surface area contributed by atoms with Gasteiger partial charge in [-0.1, -0.05) is 111 Å². The van der Waals surface area contributed by atoms with Crippen molar-refractivity contribution in [3.8, 4) is 57.8 Å². The van der Waals surface area contributed by atoms with Gasteiger partial charge in [-0.05, 0) is 82.6 Å². The zero-order valence-corrected chi connectivity index (χ0v) is 27.1. The topological polar surface area (TPSA) is 35.6 Å². The van der Waals surface area contributed by atoms with E-state index in [0.717, 1.165) is 56.0 Å². The lowest BCUT2D eigenvalue weighted by molar-refractivity contribution is 0.661. The molecule has 6 aromatic carbocycles. The van der Waals surface area contributed by atoms with Gasteiger partial charge >= 0.3 is 0 Å². The van der Waals surface area contributed by atoms with Crippen molar-refractivity contribution in [1.29, 1.82) is 0 Å². The summed E-state index contributed by atoms with van der Waals surface area (Å²) in [4.78, 5) is 10.4. The zero-order chi connectivity index (χ0) is 33.0. The van der Waals surface area contributed by atoms with E-state index >= 15 is 0 Å². The third-order valence-electron chi connectivity index (χ3n) is 9.46. The Balaban J connectivity index is 1.25. The maximum absolute atomic E-state index is 5.19. The smallest absolute Gasteiger partial charge is 0.152 e. The highest BCUT2D eigenvalue weighted by atomic mass is 15.1. The number of hydrogen-bond donors (Lipinski definition) is 0. The van der Waals surface area contributed by atoms with Gasteiger partial charge < -0.3 is 0 Å². The number of fused-ring (bicyclic) bond motifs is 5. The molecule has 0 N–H and O–H groups in total. The molecule has 0 amide bonds. The second-order valence-electron chi connectivity index (χ2n) is 12.9. The lowest BCUT2D eigenvalue weighted by Gasteiger charge is -2.21. The molecule has 0 bridgehead atoms. The van der Waals surface area contributed by atoms with Crippen molar-refractivity contribution in [3.63, 3.8) is 0 Å². The molecule has 2 heterocycles. The summed E-state index contributed by atoms with van der Waals surface area (Å²) in [5, 5.41) is 0. The normalized spacial score (nSPS) is 12.5. The average Bonchev–Trinajstić information content (AvgIpc) is 3.77. The van der Waals surface area contributed by atoms with Gasteiger partial charge in [0.15, 0.2) is 11.6 Å². The summed E-state index contributed by atoms with van der Waals surface area (Å²) >= 11 is 0. The number of imidazole rings is 2. The standard InChI is InChI=1S/C45H30N4/c1-45(2)37-29-41-39(46-43(33-19-11-5-12-20-33)48(41)25-23-31-15-7-3-8-16-31)27-35(37)36-28-40-42(30-38(36)45)49(26-24-32-17-9-4-10-18-32)44(47-40)34-21-13-6-14-22-34/h3-22,27-30H,1-2H3. The van der Waals surface area contributed by atoms with E-state index in [4.69, 9.17) is 9.97 Å². The fourth-order valence-electron chi connectivity index (χ4n) is 6.94. The van der Waals surface area contributed by atoms with Crippen LogP contribution in [0.4, 0.5) is 0 Å². The number of benzene rings is 6. The highest BCUT2D eigenvalue weighted by Crippen LogP contribution is 2.51. The molecule has 4 nitrogen and oxygen atoms in total. The highest BCUT2D eigenvalue weighted by Gasteiger charge is 2.37. The number of nitrogens with zero attached hydrogens (tertiary/aromatic N) is 4. The van der Waals surface area contributed by atoms with E-state index in [0.29, 0.717) is 0 Å². The Morgan fingerprint density at radius 1 is 0.469 bits per heavy atom. The summed E-state index contributed by atoms with van der Waals surface area (Å²) < 4.78 is 4.10. The van der Waals surface area contributed by atoms with Crippen molar-refractivity contribution < 1.29 is 0 Å². The predicted molar refractivity (Wildman–Crippen MR) is 199 cm³/mol. The Labute approximate surface area is 285 Å². The Morgan fingerprint density at radius 3 is 1.22 bits per heavy atom. The molecule has 0 fully saturated rings. The minimum Gasteiger partial charge on any atom is -0.250 e. The van der Waals surface area contributed by atoms with Gasteiger partial charge in [0.25, 0.3) is 0 Å². The van der Waals surface area contributed by atoms with Crippen molar-refractivity contribution in [1.82, 2.24) is 19.1 Å². The minimum atomic E-state index is -0.281. The van der Waals surface area contributed by atoms with Crippen LogP contribution in [0.5, 0.6) is 0 Å². The average molecular weight is 627 g/mol. The van der Waals surface area contributed by atoms with Crippen LogP contribution in [0.3, 0.4) is 0 Å². The summed E-state index contributed by atoms with van der Waals surface area (Å²) in [5.41, 5.74) is 12.4. The first-order valence-electron chi connectivity index (χ1n) is 16.4. The van der Waals surface area contributed by atoms with Crippen molar-refractivity contribution >= 4 is 22.1 Å². The molecule has 49 heavy (non-hydrogen) atoms. The molecule has 0 spiro atoms. The van der Waals surface area contributed by atoms with Gasteiger partial charge in [-0.15, -0.1) is 0 Å². The Hall–Kier alpha value is -6.62. The van der Waals surface area contributed by atoms with Gasteiger partial charge in [0.1, 0.15) is 0 Å². The van der Waals surface area contributed by atoms with Crippen LogP contribution in [0.2, 0.25) is 0 Å². The lowest BCUT2D eigenvalue weighted by Crippen LogP contribution is -2.15. The fourth-order valence-corrected chi connectivity index (χ4v) is 6.94. The fraction of sp³-hybridized carbons (Fsp3) is 0.0667. The molecule has 0 radical (unpaired) electrons. The van der Waals surface area contributed by atoms with E-state index in [2.05, 4.69) is 86.3 Å². The van der Waals surface area contributed by atoms with Crippen molar-refractivity contribution in [2.45, 2.75) is 19.3 Å². The van der Waals surface area contributed by atoms with Gasteiger partial charge in [0.2, 0.25) is 0 Å². The van der Waals surface area contributed by atoms with E-state index in [1.807, 2.05) is 106 Å². The summed E-state index contributed by atoms with van der Waals surface area (Å²) in [6, 6.07) is 56.7. The second kappa shape index (κ2) is 11.3. The van der Waals surface area contributed by atoms with Gasteiger partial charge in [0, 0.05) is 39.8 Å². The van der Waals surface area contributed by atoms with Crippen LogP contribution in [-0.2, 0) is 5.41 Å². The number of hydrogen-bond acceptors (Lipinski definition) is 2. The van der Waals surface area contributed by atoms with Crippen molar-refractivity contribution in [2.75, 3.05) is 0 Å². The third kappa shape index (κ3) is 4.82. The molecule has 0 atom stereocenters. The molecule has 1 aliphatic rings. The molecule has 8 aromatic rings. The van der Waals surface area contributed by atoms with Crippen LogP contribution in [0.1, 0.15) is 36.1 Å². The van der Waals surface area contributed by atoms with Crippen molar-refractivity contribution in [2.24, 2.45) is 0 Å². The maximum atomic E-state index is 5.19. The SMILES string of the molecule is CC1(C)c2cc3c(cc2-c2cc4nc(-c5ccccc5)n(C#Cc5ccccc5)c4cc21)nc(-c1ccccc1)n3C#Cc1ccccc1. The first kappa shape index (κ1) is 28.6. The molecule has 0 saturated carbocycles. The molecule has 1 aliphatic carbocycles. The van der Waals surface area contributed by atoms with E-state index in [-0.39, 0.29) is 5.41 Å². The quantitative estimate of drug-likeness (QED) is 0.179. The van der Waals surface area contributed by atoms with E-state index < -0.39 is 0 Å². The molecule has 4 heteroatoms. The largest absolute Gasteiger partial charge is 0.250 e. The van der Waals surface area contributed by atoms with Crippen LogP contribution in [0, 0.1) is 23.9 Å². The van der Waals surface area contributed by atoms with Crippen LogP contribution in [0.15, 0.2) is 146 Å². The second-order valence-corrected chi connectivity index (χ2v) is 12.9. The first-order valence-corrected chi connectivity index (χ1v) is 16.4. The summed E-state index contributed by atoms with van der Waals surface area (Å²) in [7, 11) is 0. The molecule has 2 aromatic heterocycles. The van der Waals surface area contributed by atoms with Crippen LogP contribution < -0.4 is 0 Å². The summed E-state index contributed by atoms with van der Waals surface area (Å²) in [6.45, 7) is 4.61. The van der Waals surface area contributed by atoms with E-state index in [9.17, 15) is 0 Å². The Bertz CT molecular complexity index is 2470. The number of rotatable bonds is 2. The molecular weight excluding hydrogens is 597 g/mol. The van der Waals surface area contributed by atoms with Gasteiger partial charge in [-0.2, -0.15) is 0 Å². The monoisotopic (exact) mass is 626 g/mol. The van der Waals surface area contributed by atoms with Crippen molar-refractivity contribution in [3.05, 3.63) is 168 Å². The molecule has 0 unspecified atom stereocenters. The number of aromatic nitrogens is 4. The summed E-state index contributed by atoms with van der Waals surface area (Å²) in [6.07, 6.45) is 0. The first-order chi connectivity index (χ1) is 24.0. The Morgan fingerprint density at radius 2 is 0.837 bits per heavy atom. The Kier molecular flexibility index (Phi) is 6.57. The zero-order valence-electron chi connectivity index (χ0n) is 27.1. The van der Waals surface area contributed by atoms with Crippen LogP contribution >= 0.6 is 0 Å². The molecule has 9 rings (SSSR count). The maximum Gasteiger partial charge on any atom is 0.152 e. The highest BCUT2D eigenvalue weighted by molar-refractivity contribution is 5.97. The van der Waals surface area contributed by atoms with Gasteiger partial charge in [-0.25, -0.2) is 19.1 Å².